The summed E-state index contributed by atoms with van der Waals surface area (Å²) >= 11 is 1.72. The van der Waals surface area contributed by atoms with E-state index >= 15 is 0 Å². The lowest BCUT2D eigenvalue weighted by Crippen LogP contribution is -2.63. The van der Waals surface area contributed by atoms with Gasteiger partial charge in [0.25, 0.3) is 0 Å². The number of methoxy groups -OCH3 is 1. The molecule has 1 saturated carbocycles. The molecule has 0 spiro atoms. The fourth-order valence-corrected chi connectivity index (χ4v) is 7.46. The molecule has 148 valence electrons. The molecule has 1 aromatic heterocycles. The van der Waals surface area contributed by atoms with E-state index in [1.54, 1.807) is 18.4 Å². The lowest BCUT2D eigenvalue weighted by atomic mass is 9.52. The molecule has 2 fully saturated rings. The fraction of sp³-hybridized carbons (Fsp3) is 0.609. The van der Waals surface area contributed by atoms with Gasteiger partial charge in [-0.3, -0.25) is 4.90 Å². The van der Waals surface area contributed by atoms with Gasteiger partial charge >= 0.3 is 0 Å². The van der Waals surface area contributed by atoms with Crippen molar-refractivity contribution in [2.45, 2.75) is 56.4 Å². The molecule has 5 heteroatoms. The summed E-state index contributed by atoms with van der Waals surface area (Å²) in [5.41, 5.74) is 10.7. The van der Waals surface area contributed by atoms with Gasteiger partial charge in [-0.25, -0.2) is 4.98 Å². The molecular formula is C23H29N3OS. The number of ether oxygens (including phenoxy) is 1. The second-order valence-electron chi connectivity index (χ2n) is 9.40. The van der Waals surface area contributed by atoms with Crippen LogP contribution in [0, 0.1) is 11.8 Å². The number of nitrogens with zero attached hydrogens (tertiary/aromatic N) is 2. The predicted octanol–water partition coefficient (Wildman–Crippen LogP) is 3.82. The molecule has 0 radical (unpaired) electrons. The Kier molecular flexibility index (Phi) is 3.83. The molecule has 2 aromatic rings. The average Bonchev–Trinajstić information content (AvgIpc) is 3.02. The van der Waals surface area contributed by atoms with Crippen LogP contribution in [0.25, 0.3) is 0 Å². The molecule has 1 saturated heterocycles. The largest absolute Gasteiger partial charge is 0.497 e. The first kappa shape index (κ1) is 17.3. The van der Waals surface area contributed by atoms with Crippen molar-refractivity contribution in [1.82, 2.24) is 9.88 Å². The number of thiazole rings is 1. The molecule has 6 rings (SSSR count). The van der Waals surface area contributed by atoms with Crippen LogP contribution in [0.4, 0.5) is 5.13 Å². The average molecular weight is 396 g/mol. The highest BCUT2D eigenvalue weighted by Crippen LogP contribution is 2.56. The van der Waals surface area contributed by atoms with Crippen molar-refractivity contribution in [3.8, 4) is 5.75 Å². The van der Waals surface area contributed by atoms with E-state index in [4.69, 9.17) is 15.5 Å². The zero-order chi connectivity index (χ0) is 18.9. The summed E-state index contributed by atoms with van der Waals surface area (Å²) in [6.45, 7) is 2.53. The Balaban J connectivity index is 1.46. The third kappa shape index (κ3) is 2.42. The van der Waals surface area contributed by atoms with Crippen molar-refractivity contribution in [1.29, 1.82) is 0 Å². The van der Waals surface area contributed by atoms with Crippen LogP contribution >= 0.6 is 11.3 Å². The molecule has 28 heavy (non-hydrogen) atoms. The zero-order valence-corrected chi connectivity index (χ0v) is 17.4. The maximum atomic E-state index is 6.12. The molecular weight excluding hydrogens is 366 g/mol. The van der Waals surface area contributed by atoms with Gasteiger partial charge in [-0.15, -0.1) is 11.3 Å². The number of hydrogen-bond donors (Lipinski definition) is 1. The summed E-state index contributed by atoms with van der Waals surface area (Å²) in [6, 6.07) is 7.47. The third-order valence-corrected chi connectivity index (χ3v) is 9.12. The van der Waals surface area contributed by atoms with E-state index in [0.717, 1.165) is 29.6 Å². The van der Waals surface area contributed by atoms with Crippen LogP contribution in [0.2, 0.25) is 0 Å². The van der Waals surface area contributed by atoms with Crippen LogP contribution in [-0.2, 0) is 24.7 Å². The summed E-state index contributed by atoms with van der Waals surface area (Å²) in [5, 5.41) is 0.742. The SMILES string of the molecule is COc1ccc2c(c1)[C@@]13CCN(CC4CCC4)[C@@H](C2)[C@@H]1Cc1sc(N)nc1C3. The first-order chi connectivity index (χ1) is 13.7. The third-order valence-electron chi connectivity index (χ3n) is 8.17. The number of fused-ring (bicyclic) bond motifs is 2. The smallest absolute Gasteiger partial charge is 0.180 e. The van der Waals surface area contributed by atoms with E-state index < -0.39 is 0 Å². The zero-order valence-electron chi connectivity index (χ0n) is 16.6. The Hall–Kier alpha value is -1.59. The van der Waals surface area contributed by atoms with Gasteiger partial charge in [0.2, 0.25) is 0 Å². The summed E-state index contributed by atoms with van der Waals surface area (Å²) in [4.78, 5) is 9.04. The highest BCUT2D eigenvalue weighted by atomic mass is 32.1. The molecule has 1 aromatic carbocycles. The van der Waals surface area contributed by atoms with Gasteiger partial charge in [0, 0.05) is 29.3 Å². The fourth-order valence-electron chi connectivity index (χ4n) is 6.55. The Bertz CT molecular complexity index is 921. The van der Waals surface area contributed by atoms with Gasteiger partial charge in [-0.1, -0.05) is 12.5 Å². The van der Waals surface area contributed by atoms with Crippen molar-refractivity contribution in [3.05, 3.63) is 39.9 Å². The van der Waals surface area contributed by atoms with Crippen molar-refractivity contribution in [2.75, 3.05) is 25.9 Å². The number of rotatable bonds is 3. The van der Waals surface area contributed by atoms with Crippen molar-refractivity contribution < 1.29 is 4.74 Å². The van der Waals surface area contributed by atoms with E-state index in [0.29, 0.717) is 12.0 Å². The second-order valence-corrected chi connectivity index (χ2v) is 10.5. The van der Waals surface area contributed by atoms with E-state index in [2.05, 4.69) is 23.1 Å². The standard InChI is InChI=1S/C23H29N3OS/c1-27-16-6-5-15-9-20-18-11-21-19(25-22(24)28-21)12-23(18,17(15)10-16)7-8-26(20)13-14-3-2-4-14/h5-6,10,14,18,20H,2-4,7-9,11-13H2,1H3,(H2,24,25)/t18-,20-,23-/m0/s1. The highest BCUT2D eigenvalue weighted by Gasteiger charge is 2.55. The number of anilines is 1. The van der Waals surface area contributed by atoms with Gasteiger partial charge in [0.15, 0.2) is 5.13 Å². The predicted molar refractivity (Wildman–Crippen MR) is 113 cm³/mol. The maximum absolute atomic E-state index is 6.12. The molecule has 1 aliphatic heterocycles. The second kappa shape index (κ2) is 6.20. The van der Waals surface area contributed by atoms with Crippen molar-refractivity contribution in [2.24, 2.45) is 11.8 Å². The number of piperidine rings is 1. The molecule has 4 nitrogen and oxygen atoms in total. The normalized spacial score (nSPS) is 31.5. The minimum absolute atomic E-state index is 0.205. The van der Waals surface area contributed by atoms with Crippen molar-refractivity contribution >= 4 is 16.5 Å². The van der Waals surface area contributed by atoms with Gasteiger partial charge < -0.3 is 10.5 Å². The number of benzene rings is 1. The maximum Gasteiger partial charge on any atom is 0.180 e. The summed E-state index contributed by atoms with van der Waals surface area (Å²) < 4.78 is 5.62. The van der Waals surface area contributed by atoms with E-state index in [1.165, 1.54) is 66.9 Å². The van der Waals surface area contributed by atoms with Crippen LogP contribution < -0.4 is 10.5 Å². The number of nitrogens with two attached hydrogens (primary N) is 1. The molecule has 2 heterocycles. The molecule has 0 amide bonds. The van der Waals surface area contributed by atoms with Gasteiger partial charge in [0.1, 0.15) is 5.75 Å². The Labute approximate surface area is 171 Å². The van der Waals surface area contributed by atoms with E-state index in [1.807, 2.05) is 0 Å². The van der Waals surface area contributed by atoms with Crippen LogP contribution in [0.1, 0.15) is 47.4 Å². The molecule has 3 atom stereocenters. The van der Waals surface area contributed by atoms with Crippen LogP contribution in [-0.4, -0.2) is 36.1 Å². The van der Waals surface area contributed by atoms with Gasteiger partial charge in [0.05, 0.1) is 12.8 Å². The number of likely N-dealkylation sites (tertiary alicyclic amines) is 1. The molecule has 3 aliphatic carbocycles. The first-order valence-electron chi connectivity index (χ1n) is 10.8. The van der Waals surface area contributed by atoms with E-state index in [-0.39, 0.29) is 5.41 Å². The Morgan fingerprint density at radius 2 is 2.21 bits per heavy atom. The topological polar surface area (TPSA) is 51.4 Å². The van der Waals surface area contributed by atoms with Crippen molar-refractivity contribution in [3.63, 3.8) is 0 Å². The highest BCUT2D eigenvalue weighted by molar-refractivity contribution is 7.15. The number of hydrogen-bond acceptors (Lipinski definition) is 5. The minimum atomic E-state index is 0.205. The summed E-state index contributed by atoms with van der Waals surface area (Å²) in [7, 11) is 1.78. The lowest BCUT2D eigenvalue weighted by molar-refractivity contribution is -0.00749. The summed E-state index contributed by atoms with van der Waals surface area (Å²) in [5.74, 6) is 2.60. The van der Waals surface area contributed by atoms with Gasteiger partial charge in [-0.05, 0) is 73.7 Å². The molecule has 2 N–H and O–H groups in total. The molecule has 4 aliphatic rings. The molecule has 2 bridgehead atoms. The Morgan fingerprint density at radius 3 is 3.00 bits per heavy atom. The Morgan fingerprint density at radius 1 is 1.32 bits per heavy atom. The quantitative estimate of drug-likeness (QED) is 0.858. The number of nitrogen functional groups attached to an aromatic ring is 1. The first-order valence-corrected chi connectivity index (χ1v) is 11.6. The van der Waals surface area contributed by atoms with Crippen LogP contribution in [0.15, 0.2) is 18.2 Å². The monoisotopic (exact) mass is 395 g/mol. The number of aromatic nitrogens is 1. The van der Waals surface area contributed by atoms with Gasteiger partial charge in [-0.2, -0.15) is 0 Å². The van der Waals surface area contributed by atoms with Crippen LogP contribution in [0.5, 0.6) is 5.75 Å². The summed E-state index contributed by atoms with van der Waals surface area (Å²) in [6.07, 6.45) is 8.91. The van der Waals surface area contributed by atoms with Crippen LogP contribution in [0.3, 0.4) is 0 Å². The lowest BCUT2D eigenvalue weighted by Gasteiger charge is -2.59. The van der Waals surface area contributed by atoms with E-state index in [9.17, 15) is 0 Å². The minimum Gasteiger partial charge on any atom is -0.497 e. The molecule has 0 unspecified atom stereocenters.